The van der Waals surface area contributed by atoms with Crippen LogP contribution in [0.15, 0.2) is 66.7 Å². The van der Waals surface area contributed by atoms with E-state index < -0.39 is 11.9 Å². The molecule has 0 amide bonds. The van der Waals surface area contributed by atoms with Crippen molar-refractivity contribution in [2.45, 2.75) is 93.2 Å². The molecule has 5 heteroatoms. The van der Waals surface area contributed by atoms with Gasteiger partial charge in [0, 0.05) is 5.56 Å². The van der Waals surface area contributed by atoms with Gasteiger partial charge in [-0.25, -0.2) is 4.99 Å². The van der Waals surface area contributed by atoms with Gasteiger partial charge in [-0.05, 0) is 44.2 Å². The summed E-state index contributed by atoms with van der Waals surface area (Å²) in [7, 11) is 0. The fraction of sp³-hybridized carbons (Fsp3) is 0.455. The summed E-state index contributed by atoms with van der Waals surface area (Å²) in [5, 5.41) is 0. The second-order valence-electron chi connectivity index (χ2n) is 9.65. The van der Waals surface area contributed by atoms with E-state index in [0.29, 0.717) is 11.1 Å². The molecule has 0 spiro atoms. The van der Waals surface area contributed by atoms with Gasteiger partial charge in [-0.3, -0.25) is 4.79 Å². The number of halogens is 3. The van der Waals surface area contributed by atoms with Crippen LogP contribution in [-0.4, -0.2) is 17.7 Å². The lowest BCUT2D eigenvalue weighted by molar-refractivity contribution is -0.0602. The number of hydrogen-bond donors (Lipinski definition) is 0. The number of rotatable bonds is 10. The van der Waals surface area contributed by atoms with Crippen LogP contribution < -0.4 is 0 Å². The van der Waals surface area contributed by atoms with Gasteiger partial charge in [0.25, 0.3) is 0 Å². The third-order valence-corrected chi connectivity index (χ3v) is 6.06. The van der Waals surface area contributed by atoms with Crippen LogP contribution in [0, 0.1) is 12.8 Å². The zero-order chi connectivity index (χ0) is 29.3. The minimum absolute atomic E-state index is 0.0317. The Morgan fingerprint density at radius 3 is 1.89 bits per heavy atom. The molecule has 0 aliphatic rings. The van der Waals surface area contributed by atoms with E-state index in [-0.39, 0.29) is 17.9 Å². The average molecular weight is 530 g/mol. The highest BCUT2D eigenvalue weighted by Crippen LogP contribution is 2.23. The number of unbranched alkanes of at least 4 members (excludes halogenated alkanes) is 2. The fourth-order valence-electron chi connectivity index (χ4n) is 3.33. The number of aryl methyl sites for hydroxylation is 1. The molecule has 0 bridgehead atoms. The van der Waals surface area contributed by atoms with Crippen molar-refractivity contribution in [3.05, 3.63) is 83.9 Å². The SMILES string of the molecule is C=C(C)c1cccc(C)c1.C=C(N=C(CC)C(F)(F)F)c1ccc(C(C)=O)cc1.CCCCCC(C)CC. The minimum atomic E-state index is -4.45. The Kier molecular flexibility index (Phi) is 16.9. The normalized spacial score (nSPS) is 11.9. The maximum absolute atomic E-state index is 12.5. The number of aliphatic imine (C=N–C) groups is 1. The molecule has 0 aromatic heterocycles. The molecule has 2 rings (SSSR count). The zero-order valence-electron chi connectivity index (χ0n) is 24.3. The van der Waals surface area contributed by atoms with Gasteiger partial charge in [-0.15, -0.1) is 0 Å². The number of carbonyl (C=O) groups excluding carboxylic acids is 1. The number of nitrogens with zero attached hydrogens (tertiary/aromatic N) is 1. The monoisotopic (exact) mass is 529 g/mol. The maximum Gasteiger partial charge on any atom is 0.429 e. The van der Waals surface area contributed by atoms with E-state index in [2.05, 4.69) is 70.1 Å². The molecule has 2 aromatic carbocycles. The second kappa shape index (κ2) is 18.3. The summed E-state index contributed by atoms with van der Waals surface area (Å²) in [5.41, 5.74) is 3.77. The molecule has 1 atom stereocenters. The number of carbonyl (C=O) groups is 1. The Balaban J connectivity index is 0.000000604. The van der Waals surface area contributed by atoms with Crippen molar-refractivity contribution in [2.75, 3.05) is 0 Å². The van der Waals surface area contributed by atoms with Crippen LogP contribution in [0.25, 0.3) is 11.3 Å². The first kappa shape index (κ1) is 35.0. The highest BCUT2D eigenvalue weighted by atomic mass is 19.4. The Bertz CT molecular complexity index is 1030. The van der Waals surface area contributed by atoms with Crippen molar-refractivity contribution in [3.8, 4) is 0 Å². The van der Waals surface area contributed by atoms with Gasteiger partial charge in [0.15, 0.2) is 5.78 Å². The van der Waals surface area contributed by atoms with Crippen LogP contribution in [0.1, 0.15) is 107 Å². The third kappa shape index (κ3) is 14.7. The molecular weight excluding hydrogens is 483 g/mol. The first-order valence-electron chi connectivity index (χ1n) is 13.4. The molecule has 210 valence electrons. The first-order chi connectivity index (χ1) is 17.8. The van der Waals surface area contributed by atoms with E-state index in [1.165, 1.54) is 81.3 Å². The van der Waals surface area contributed by atoms with Crippen molar-refractivity contribution in [2.24, 2.45) is 10.9 Å². The van der Waals surface area contributed by atoms with Gasteiger partial charge in [0.05, 0.1) is 5.70 Å². The van der Waals surface area contributed by atoms with Crippen molar-refractivity contribution in [1.82, 2.24) is 0 Å². The van der Waals surface area contributed by atoms with Crippen LogP contribution in [0.2, 0.25) is 0 Å². The van der Waals surface area contributed by atoms with Gasteiger partial charge in [-0.1, -0.05) is 133 Å². The number of allylic oxidation sites excluding steroid dienone is 1. The summed E-state index contributed by atoms with van der Waals surface area (Å²) in [6, 6.07) is 14.5. The summed E-state index contributed by atoms with van der Waals surface area (Å²) in [5.74, 6) is 0.849. The zero-order valence-corrected chi connectivity index (χ0v) is 24.3. The van der Waals surface area contributed by atoms with Crippen LogP contribution in [0.4, 0.5) is 13.2 Å². The molecule has 2 nitrogen and oxygen atoms in total. The van der Waals surface area contributed by atoms with Crippen molar-refractivity contribution in [3.63, 3.8) is 0 Å². The second-order valence-corrected chi connectivity index (χ2v) is 9.65. The topological polar surface area (TPSA) is 29.4 Å². The number of alkyl halides is 3. The molecule has 0 saturated carbocycles. The van der Waals surface area contributed by atoms with Crippen LogP contribution >= 0.6 is 0 Å². The smallest absolute Gasteiger partial charge is 0.295 e. The van der Waals surface area contributed by atoms with Crippen molar-refractivity contribution >= 4 is 22.8 Å². The number of benzene rings is 2. The Morgan fingerprint density at radius 1 is 0.921 bits per heavy atom. The van der Waals surface area contributed by atoms with Crippen molar-refractivity contribution in [1.29, 1.82) is 0 Å². The van der Waals surface area contributed by atoms with Gasteiger partial charge < -0.3 is 0 Å². The molecular formula is C33H46F3NO. The van der Waals surface area contributed by atoms with E-state index in [1.54, 1.807) is 0 Å². The third-order valence-electron chi connectivity index (χ3n) is 6.06. The minimum Gasteiger partial charge on any atom is -0.295 e. The Hall–Kier alpha value is -2.95. The van der Waals surface area contributed by atoms with Gasteiger partial charge in [0.2, 0.25) is 0 Å². The number of Topliss-reactive ketones (excluding diaryl/α,β-unsaturated/α-hetero) is 1. The standard InChI is InChI=1S/C14H14F3NO.C10H12.C9H20/c1-4-13(14(15,16)17)18-9(2)11-5-7-12(8-6-11)10(3)19;1-8(2)10-6-4-5-9(3)7-10;1-4-6-7-8-9(3)5-2/h5-8H,2,4H2,1,3H3;4-7H,1H2,2-3H3;9H,4-8H2,1-3H3. The summed E-state index contributed by atoms with van der Waals surface area (Å²) in [6.45, 7) is 21.2. The van der Waals surface area contributed by atoms with E-state index in [9.17, 15) is 18.0 Å². The lowest BCUT2D eigenvalue weighted by Crippen LogP contribution is -2.22. The van der Waals surface area contributed by atoms with E-state index in [0.717, 1.165) is 11.5 Å². The number of ketones is 1. The average Bonchev–Trinajstić information content (AvgIpc) is 2.87. The van der Waals surface area contributed by atoms with E-state index in [4.69, 9.17) is 0 Å². The van der Waals surface area contributed by atoms with Crippen LogP contribution in [0.3, 0.4) is 0 Å². The lowest BCUT2D eigenvalue weighted by Gasteiger charge is -2.09. The number of hydrogen-bond acceptors (Lipinski definition) is 2. The van der Waals surface area contributed by atoms with E-state index >= 15 is 0 Å². The molecule has 2 aromatic rings. The Morgan fingerprint density at radius 2 is 1.50 bits per heavy atom. The first-order valence-corrected chi connectivity index (χ1v) is 13.4. The largest absolute Gasteiger partial charge is 0.429 e. The van der Waals surface area contributed by atoms with Gasteiger partial charge in [-0.2, -0.15) is 13.2 Å². The highest BCUT2D eigenvalue weighted by molar-refractivity contribution is 5.95. The predicted molar refractivity (Wildman–Crippen MR) is 159 cm³/mol. The van der Waals surface area contributed by atoms with Gasteiger partial charge in [0.1, 0.15) is 5.71 Å². The summed E-state index contributed by atoms with van der Waals surface area (Å²) in [6.07, 6.45) is 2.34. The van der Waals surface area contributed by atoms with Crippen LogP contribution in [-0.2, 0) is 0 Å². The highest BCUT2D eigenvalue weighted by Gasteiger charge is 2.34. The fourth-order valence-corrected chi connectivity index (χ4v) is 3.33. The van der Waals surface area contributed by atoms with Gasteiger partial charge >= 0.3 is 6.18 Å². The Labute approximate surface area is 228 Å². The molecule has 0 saturated heterocycles. The molecule has 38 heavy (non-hydrogen) atoms. The van der Waals surface area contributed by atoms with Crippen LogP contribution in [0.5, 0.6) is 0 Å². The molecule has 1 unspecified atom stereocenters. The van der Waals surface area contributed by atoms with E-state index in [1.807, 2.05) is 6.92 Å². The summed E-state index contributed by atoms with van der Waals surface area (Å²) in [4.78, 5) is 14.6. The molecule has 0 N–H and O–H groups in total. The molecule has 0 heterocycles. The molecule has 0 aliphatic heterocycles. The maximum atomic E-state index is 12.5. The summed E-state index contributed by atoms with van der Waals surface area (Å²) >= 11 is 0. The lowest BCUT2D eigenvalue weighted by atomic mass is 10.0. The van der Waals surface area contributed by atoms with Crippen molar-refractivity contribution < 1.29 is 18.0 Å². The quantitative estimate of drug-likeness (QED) is 0.171. The molecule has 0 fully saturated rings. The molecule has 0 aliphatic carbocycles. The predicted octanol–water partition coefficient (Wildman–Crippen LogP) is 10.9. The molecule has 0 radical (unpaired) electrons. The summed E-state index contributed by atoms with van der Waals surface area (Å²) < 4.78 is 37.6.